The lowest BCUT2D eigenvalue weighted by Gasteiger charge is -2.30. The number of hydrogen-bond acceptors (Lipinski definition) is 6. The Labute approximate surface area is 153 Å². The van der Waals surface area contributed by atoms with Crippen LogP contribution in [0.25, 0.3) is 11.3 Å². The zero-order valence-electron chi connectivity index (χ0n) is 14.3. The van der Waals surface area contributed by atoms with Crippen LogP contribution in [0.15, 0.2) is 42.5 Å². The van der Waals surface area contributed by atoms with Gasteiger partial charge in [-0.3, -0.25) is 14.9 Å². The first kappa shape index (κ1) is 16.7. The average molecular weight is 364 g/mol. The van der Waals surface area contributed by atoms with Crippen LogP contribution in [0, 0.1) is 10.1 Å². The summed E-state index contributed by atoms with van der Waals surface area (Å²) >= 11 is 0. The fourth-order valence-corrected chi connectivity index (χ4v) is 3.39. The molecule has 0 radical (unpaired) electrons. The Morgan fingerprint density at radius 3 is 2.70 bits per heavy atom. The monoisotopic (exact) mass is 364 g/mol. The summed E-state index contributed by atoms with van der Waals surface area (Å²) in [6.07, 6.45) is 0.824. The lowest BCUT2D eigenvalue weighted by molar-refractivity contribution is -0.384. The van der Waals surface area contributed by atoms with Crippen molar-refractivity contribution in [1.82, 2.24) is 15.4 Å². The number of rotatable bonds is 4. The molecule has 136 valence electrons. The van der Waals surface area contributed by atoms with Crippen LogP contribution in [0.2, 0.25) is 0 Å². The molecule has 0 aliphatic carbocycles. The van der Waals surface area contributed by atoms with E-state index in [9.17, 15) is 14.9 Å². The average Bonchev–Trinajstić information content (AvgIpc) is 3.17. The molecule has 1 aliphatic rings. The SMILES string of the molecule is NC(=O)c1n[nH]nc1-c1ccc(N2CCc3ccccc3C2)c([N+](=O)[O-])c1. The summed E-state index contributed by atoms with van der Waals surface area (Å²) in [5.41, 5.74) is 8.74. The Morgan fingerprint density at radius 1 is 1.19 bits per heavy atom. The zero-order valence-corrected chi connectivity index (χ0v) is 14.3. The van der Waals surface area contributed by atoms with Crippen molar-refractivity contribution in [2.45, 2.75) is 13.0 Å². The molecule has 1 amide bonds. The van der Waals surface area contributed by atoms with Crippen molar-refractivity contribution < 1.29 is 9.72 Å². The normalized spacial score (nSPS) is 13.3. The second kappa shape index (κ2) is 6.52. The molecule has 1 aromatic heterocycles. The maximum absolute atomic E-state index is 11.7. The molecule has 3 aromatic rings. The largest absolute Gasteiger partial charge is 0.364 e. The number of anilines is 1. The number of nitro groups is 1. The fourth-order valence-electron chi connectivity index (χ4n) is 3.39. The third-order valence-electron chi connectivity index (χ3n) is 4.70. The van der Waals surface area contributed by atoms with Crippen molar-refractivity contribution >= 4 is 17.3 Å². The Hall–Kier alpha value is -3.75. The van der Waals surface area contributed by atoms with E-state index in [0.717, 1.165) is 12.0 Å². The third-order valence-corrected chi connectivity index (χ3v) is 4.70. The second-order valence-electron chi connectivity index (χ2n) is 6.29. The Bertz CT molecular complexity index is 1050. The summed E-state index contributed by atoms with van der Waals surface area (Å²) in [5, 5.41) is 21.6. The van der Waals surface area contributed by atoms with E-state index in [1.165, 1.54) is 11.6 Å². The minimum absolute atomic E-state index is 0.0506. The summed E-state index contributed by atoms with van der Waals surface area (Å²) < 4.78 is 0. The summed E-state index contributed by atoms with van der Waals surface area (Å²) in [7, 11) is 0. The number of carbonyl (C=O) groups excluding carboxylic acids is 1. The van der Waals surface area contributed by atoms with E-state index in [-0.39, 0.29) is 17.1 Å². The van der Waals surface area contributed by atoms with Crippen LogP contribution in [-0.4, -0.2) is 32.8 Å². The molecule has 9 nitrogen and oxygen atoms in total. The number of nitrogens with one attached hydrogen (secondary N) is 1. The first-order chi connectivity index (χ1) is 13.0. The molecule has 0 bridgehead atoms. The number of primary amides is 1. The number of carbonyl (C=O) groups is 1. The number of aromatic amines is 1. The van der Waals surface area contributed by atoms with Crippen LogP contribution in [0.3, 0.4) is 0 Å². The van der Waals surface area contributed by atoms with Gasteiger partial charge in [-0.15, -0.1) is 0 Å². The molecule has 0 unspecified atom stereocenters. The van der Waals surface area contributed by atoms with Gasteiger partial charge in [-0.05, 0) is 23.6 Å². The number of nitrogens with two attached hydrogens (primary N) is 1. The van der Waals surface area contributed by atoms with E-state index in [2.05, 4.69) is 21.5 Å². The summed E-state index contributed by atoms with van der Waals surface area (Å²) in [6, 6.07) is 12.9. The minimum Gasteiger partial charge on any atom is -0.364 e. The van der Waals surface area contributed by atoms with Crippen LogP contribution < -0.4 is 10.6 Å². The number of nitrogens with zero attached hydrogens (tertiary/aromatic N) is 4. The van der Waals surface area contributed by atoms with Gasteiger partial charge in [-0.1, -0.05) is 30.3 Å². The molecule has 0 spiro atoms. The van der Waals surface area contributed by atoms with Gasteiger partial charge in [0.15, 0.2) is 5.69 Å². The van der Waals surface area contributed by atoms with Gasteiger partial charge in [0.2, 0.25) is 0 Å². The summed E-state index contributed by atoms with van der Waals surface area (Å²) in [4.78, 5) is 24.7. The molecule has 3 N–H and O–H groups in total. The zero-order chi connectivity index (χ0) is 19.0. The molecular formula is C18H16N6O3. The summed E-state index contributed by atoms with van der Waals surface area (Å²) in [5.74, 6) is -0.752. The topological polar surface area (TPSA) is 131 Å². The molecule has 9 heteroatoms. The van der Waals surface area contributed by atoms with E-state index >= 15 is 0 Å². The molecule has 2 heterocycles. The van der Waals surface area contributed by atoms with Gasteiger partial charge in [-0.2, -0.15) is 15.4 Å². The first-order valence-electron chi connectivity index (χ1n) is 8.35. The number of H-pyrrole nitrogens is 1. The molecule has 0 saturated carbocycles. The fraction of sp³-hybridized carbons (Fsp3) is 0.167. The first-order valence-corrected chi connectivity index (χ1v) is 8.35. The van der Waals surface area contributed by atoms with Gasteiger partial charge < -0.3 is 10.6 Å². The quantitative estimate of drug-likeness (QED) is 0.538. The molecule has 0 fully saturated rings. The van der Waals surface area contributed by atoms with Gasteiger partial charge in [0.1, 0.15) is 11.4 Å². The summed E-state index contributed by atoms with van der Waals surface area (Å²) in [6.45, 7) is 1.29. The number of nitro benzene ring substituents is 1. The molecule has 27 heavy (non-hydrogen) atoms. The Morgan fingerprint density at radius 2 is 1.96 bits per heavy atom. The van der Waals surface area contributed by atoms with E-state index in [0.29, 0.717) is 24.3 Å². The standard InChI is InChI=1S/C18H16N6O3/c19-18(25)17-16(20-22-21-17)12-5-6-14(15(9-12)24(26)27)23-8-7-11-3-1-2-4-13(11)10-23/h1-6,9H,7-8,10H2,(H2,19,25)(H,20,21,22). The van der Waals surface area contributed by atoms with Gasteiger partial charge in [-0.25, -0.2) is 0 Å². The highest BCUT2D eigenvalue weighted by Crippen LogP contribution is 2.35. The van der Waals surface area contributed by atoms with Gasteiger partial charge >= 0.3 is 0 Å². The smallest absolute Gasteiger partial charge is 0.293 e. The maximum atomic E-state index is 11.7. The van der Waals surface area contributed by atoms with Crippen LogP contribution >= 0.6 is 0 Å². The maximum Gasteiger partial charge on any atom is 0.293 e. The third kappa shape index (κ3) is 2.99. The highest BCUT2D eigenvalue weighted by atomic mass is 16.6. The van der Waals surface area contributed by atoms with E-state index in [1.54, 1.807) is 12.1 Å². The number of hydrogen-bond donors (Lipinski definition) is 2. The predicted octanol–water partition coefficient (Wildman–Crippen LogP) is 2.04. The molecule has 0 saturated heterocycles. The van der Waals surface area contributed by atoms with Gasteiger partial charge in [0.05, 0.1) is 4.92 Å². The van der Waals surface area contributed by atoms with E-state index in [1.807, 2.05) is 23.1 Å². The van der Waals surface area contributed by atoms with Crippen molar-refractivity contribution in [3.05, 3.63) is 69.4 Å². The van der Waals surface area contributed by atoms with E-state index < -0.39 is 10.8 Å². The number of fused-ring (bicyclic) bond motifs is 1. The Balaban J connectivity index is 1.74. The second-order valence-corrected chi connectivity index (χ2v) is 6.29. The van der Waals surface area contributed by atoms with Crippen molar-refractivity contribution in [2.24, 2.45) is 5.73 Å². The lowest BCUT2D eigenvalue weighted by Crippen LogP contribution is -2.30. The molecule has 1 aliphatic heterocycles. The van der Waals surface area contributed by atoms with Crippen LogP contribution in [-0.2, 0) is 13.0 Å². The highest BCUT2D eigenvalue weighted by molar-refractivity contribution is 5.97. The number of aromatic nitrogens is 3. The van der Waals surface area contributed by atoms with Crippen LogP contribution in [0.5, 0.6) is 0 Å². The number of amides is 1. The van der Waals surface area contributed by atoms with Crippen molar-refractivity contribution in [3.8, 4) is 11.3 Å². The molecule has 4 rings (SSSR count). The molecule has 0 atom stereocenters. The lowest BCUT2D eigenvalue weighted by atomic mass is 9.99. The molecular weight excluding hydrogens is 348 g/mol. The minimum atomic E-state index is -0.752. The van der Waals surface area contributed by atoms with Crippen molar-refractivity contribution in [3.63, 3.8) is 0 Å². The predicted molar refractivity (Wildman–Crippen MR) is 98.2 cm³/mol. The van der Waals surface area contributed by atoms with Gasteiger partial charge in [0, 0.05) is 24.7 Å². The Kier molecular flexibility index (Phi) is 4.03. The molecule has 2 aromatic carbocycles. The van der Waals surface area contributed by atoms with Crippen LogP contribution in [0.1, 0.15) is 21.6 Å². The number of benzene rings is 2. The van der Waals surface area contributed by atoms with Crippen molar-refractivity contribution in [1.29, 1.82) is 0 Å². The van der Waals surface area contributed by atoms with Gasteiger partial charge in [0.25, 0.3) is 11.6 Å². The van der Waals surface area contributed by atoms with E-state index in [4.69, 9.17) is 5.73 Å². The highest BCUT2D eigenvalue weighted by Gasteiger charge is 2.25. The van der Waals surface area contributed by atoms with Crippen molar-refractivity contribution in [2.75, 3.05) is 11.4 Å². The van der Waals surface area contributed by atoms with Crippen LogP contribution in [0.4, 0.5) is 11.4 Å².